The summed E-state index contributed by atoms with van der Waals surface area (Å²) in [7, 11) is 0. The minimum atomic E-state index is -0.563. The van der Waals surface area contributed by atoms with Gasteiger partial charge in [0.25, 0.3) is 0 Å². The number of alkyl halides is 1. The zero-order valence-corrected chi connectivity index (χ0v) is 11.0. The summed E-state index contributed by atoms with van der Waals surface area (Å²) in [5.74, 6) is -0.880. The summed E-state index contributed by atoms with van der Waals surface area (Å²) in [5, 5.41) is 11.5. The number of benzene rings is 1. The van der Waals surface area contributed by atoms with E-state index in [1.54, 1.807) is 12.1 Å². The predicted molar refractivity (Wildman–Crippen MR) is 67.6 cm³/mol. The second-order valence-corrected chi connectivity index (χ2v) is 4.54. The van der Waals surface area contributed by atoms with Crippen LogP contribution in [-0.2, 0) is 4.79 Å². The minimum absolute atomic E-state index is 0.0294. The molecule has 3 nitrogen and oxygen atoms in total. The number of nitrogens with one attached hydrogen (secondary N) is 1. The molecule has 1 unspecified atom stereocenters. The lowest BCUT2D eigenvalue weighted by atomic mass is 9.94. The molecule has 0 aliphatic heterocycles. The summed E-state index contributed by atoms with van der Waals surface area (Å²) < 4.78 is 13.2. The fourth-order valence-corrected chi connectivity index (χ4v) is 1.75. The first kappa shape index (κ1) is 14.5. The van der Waals surface area contributed by atoms with Crippen molar-refractivity contribution < 1.29 is 9.18 Å². The fourth-order valence-electron chi connectivity index (χ4n) is 1.67. The molecule has 1 atom stereocenters. The van der Waals surface area contributed by atoms with Crippen molar-refractivity contribution in [2.75, 3.05) is 5.88 Å². The van der Waals surface area contributed by atoms with E-state index in [1.807, 2.05) is 13.8 Å². The maximum absolute atomic E-state index is 13.2. The van der Waals surface area contributed by atoms with Gasteiger partial charge in [0.1, 0.15) is 17.8 Å². The number of carbonyl (C=O) groups is 1. The van der Waals surface area contributed by atoms with E-state index in [0.29, 0.717) is 5.56 Å². The molecule has 1 rings (SSSR count). The molecule has 5 heteroatoms. The van der Waals surface area contributed by atoms with Crippen molar-refractivity contribution in [2.45, 2.75) is 19.9 Å². The Morgan fingerprint density at radius 2 is 2.22 bits per heavy atom. The van der Waals surface area contributed by atoms with Crippen LogP contribution < -0.4 is 5.32 Å². The van der Waals surface area contributed by atoms with Gasteiger partial charge in [-0.05, 0) is 23.6 Å². The first-order chi connectivity index (χ1) is 8.49. The highest BCUT2D eigenvalue weighted by atomic mass is 35.5. The van der Waals surface area contributed by atoms with E-state index in [2.05, 4.69) is 5.32 Å². The van der Waals surface area contributed by atoms with E-state index >= 15 is 0 Å². The lowest BCUT2D eigenvalue weighted by Gasteiger charge is -2.22. The van der Waals surface area contributed by atoms with Crippen molar-refractivity contribution in [3.8, 4) is 6.07 Å². The fraction of sp³-hybridized carbons (Fsp3) is 0.385. The SMILES string of the molecule is CC(C)C(NC(=O)CCl)c1ccc(F)c(C#N)c1. The van der Waals surface area contributed by atoms with E-state index in [0.717, 1.165) is 0 Å². The molecule has 0 aliphatic carbocycles. The summed E-state index contributed by atoms with van der Waals surface area (Å²) in [6, 6.07) is 5.74. The Kier molecular flexibility index (Phi) is 5.11. The van der Waals surface area contributed by atoms with Crippen LogP contribution in [0.15, 0.2) is 18.2 Å². The molecule has 18 heavy (non-hydrogen) atoms. The van der Waals surface area contributed by atoms with Crippen LogP contribution in [0.3, 0.4) is 0 Å². The van der Waals surface area contributed by atoms with Gasteiger partial charge in [-0.15, -0.1) is 11.6 Å². The molecular weight excluding hydrogens is 255 g/mol. The Balaban J connectivity index is 3.07. The van der Waals surface area contributed by atoms with Crippen molar-refractivity contribution in [2.24, 2.45) is 5.92 Å². The molecule has 1 amide bonds. The Bertz CT molecular complexity index is 482. The minimum Gasteiger partial charge on any atom is -0.348 e. The van der Waals surface area contributed by atoms with Crippen molar-refractivity contribution >= 4 is 17.5 Å². The normalized spacial score (nSPS) is 12.0. The molecule has 0 saturated carbocycles. The van der Waals surface area contributed by atoms with Gasteiger partial charge in [-0.25, -0.2) is 4.39 Å². The smallest absolute Gasteiger partial charge is 0.235 e. The number of hydrogen-bond donors (Lipinski definition) is 1. The van der Waals surface area contributed by atoms with Crippen molar-refractivity contribution in [3.63, 3.8) is 0 Å². The molecule has 96 valence electrons. The molecule has 1 aromatic rings. The molecule has 0 bridgehead atoms. The summed E-state index contributed by atoms with van der Waals surface area (Å²) >= 11 is 5.45. The number of nitriles is 1. The quantitative estimate of drug-likeness (QED) is 0.854. The predicted octanol–water partition coefficient (Wildman–Crippen LogP) is 2.75. The lowest BCUT2D eigenvalue weighted by molar-refractivity contribution is -0.119. The van der Waals surface area contributed by atoms with Gasteiger partial charge >= 0.3 is 0 Å². The van der Waals surface area contributed by atoms with Crippen LogP contribution in [-0.4, -0.2) is 11.8 Å². The molecule has 0 radical (unpaired) electrons. The standard InChI is InChI=1S/C13H14ClFN2O/c1-8(2)13(17-12(18)6-14)9-3-4-11(15)10(5-9)7-16/h3-5,8,13H,6H2,1-2H3,(H,17,18). The van der Waals surface area contributed by atoms with Gasteiger partial charge in [-0.1, -0.05) is 19.9 Å². The molecule has 0 spiro atoms. The van der Waals surface area contributed by atoms with Crippen LogP contribution in [0.1, 0.15) is 31.0 Å². The molecule has 0 fully saturated rings. The van der Waals surface area contributed by atoms with Crippen molar-refractivity contribution in [1.82, 2.24) is 5.32 Å². The maximum atomic E-state index is 13.2. The third-order valence-electron chi connectivity index (χ3n) is 2.57. The summed E-state index contributed by atoms with van der Waals surface area (Å²) in [6.45, 7) is 3.85. The van der Waals surface area contributed by atoms with Gasteiger partial charge in [-0.3, -0.25) is 4.79 Å². The molecule has 0 aliphatic rings. The second kappa shape index (κ2) is 6.36. The van der Waals surface area contributed by atoms with Crippen LogP contribution in [0.4, 0.5) is 4.39 Å². The largest absolute Gasteiger partial charge is 0.348 e. The van der Waals surface area contributed by atoms with Gasteiger partial charge in [0, 0.05) is 0 Å². The maximum Gasteiger partial charge on any atom is 0.235 e. The molecule has 0 heterocycles. The summed E-state index contributed by atoms with van der Waals surface area (Å²) in [6.07, 6.45) is 0. The molecule has 1 N–H and O–H groups in total. The number of hydrogen-bond acceptors (Lipinski definition) is 2. The number of halogens is 2. The Morgan fingerprint density at radius 1 is 1.56 bits per heavy atom. The van der Waals surface area contributed by atoms with E-state index in [9.17, 15) is 9.18 Å². The zero-order chi connectivity index (χ0) is 13.7. The third-order valence-corrected chi connectivity index (χ3v) is 2.82. The van der Waals surface area contributed by atoms with Crippen LogP contribution >= 0.6 is 11.6 Å². The zero-order valence-electron chi connectivity index (χ0n) is 10.2. The van der Waals surface area contributed by atoms with Gasteiger partial charge in [0.2, 0.25) is 5.91 Å². The van der Waals surface area contributed by atoms with Crippen LogP contribution in [0.5, 0.6) is 0 Å². The number of amides is 1. The molecular formula is C13H14ClFN2O. The monoisotopic (exact) mass is 268 g/mol. The highest BCUT2D eigenvalue weighted by Gasteiger charge is 2.19. The Labute approximate surface area is 111 Å². The number of nitrogens with zero attached hydrogens (tertiary/aromatic N) is 1. The summed E-state index contributed by atoms with van der Waals surface area (Å²) in [5.41, 5.74) is 0.666. The van der Waals surface area contributed by atoms with Crippen LogP contribution in [0.25, 0.3) is 0 Å². The average molecular weight is 269 g/mol. The van der Waals surface area contributed by atoms with E-state index < -0.39 is 5.82 Å². The highest BCUT2D eigenvalue weighted by Crippen LogP contribution is 2.23. The van der Waals surface area contributed by atoms with E-state index in [1.165, 1.54) is 12.1 Å². The second-order valence-electron chi connectivity index (χ2n) is 4.27. The first-order valence-corrected chi connectivity index (χ1v) is 6.08. The van der Waals surface area contributed by atoms with E-state index in [4.69, 9.17) is 16.9 Å². The Hall–Kier alpha value is -1.60. The third kappa shape index (κ3) is 3.44. The van der Waals surface area contributed by atoms with Gasteiger partial charge in [-0.2, -0.15) is 5.26 Å². The molecule has 0 aromatic heterocycles. The molecule has 1 aromatic carbocycles. The Morgan fingerprint density at radius 3 is 2.72 bits per heavy atom. The van der Waals surface area contributed by atoms with E-state index in [-0.39, 0.29) is 29.3 Å². The average Bonchev–Trinajstić information content (AvgIpc) is 2.36. The van der Waals surface area contributed by atoms with Gasteiger partial charge < -0.3 is 5.32 Å². The summed E-state index contributed by atoms with van der Waals surface area (Å²) in [4.78, 5) is 11.3. The van der Waals surface area contributed by atoms with Crippen LogP contribution in [0, 0.1) is 23.1 Å². The van der Waals surface area contributed by atoms with Crippen molar-refractivity contribution in [3.05, 3.63) is 35.1 Å². The van der Waals surface area contributed by atoms with Gasteiger partial charge in [0.05, 0.1) is 11.6 Å². The van der Waals surface area contributed by atoms with Crippen LogP contribution in [0.2, 0.25) is 0 Å². The molecule has 0 saturated heterocycles. The first-order valence-electron chi connectivity index (χ1n) is 5.54. The van der Waals surface area contributed by atoms with Crippen molar-refractivity contribution in [1.29, 1.82) is 5.26 Å². The number of carbonyl (C=O) groups excluding carboxylic acids is 1. The topological polar surface area (TPSA) is 52.9 Å². The lowest BCUT2D eigenvalue weighted by Crippen LogP contribution is -2.32. The van der Waals surface area contributed by atoms with Gasteiger partial charge in [0.15, 0.2) is 0 Å². The highest BCUT2D eigenvalue weighted by molar-refractivity contribution is 6.27. The number of rotatable bonds is 4.